The van der Waals surface area contributed by atoms with Crippen LogP contribution in [0.15, 0.2) is 22.7 Å². The first-order valence-corrected chi connectivity index (χ1v) is 8.05. The molecule has 0 radical (unpaired) electrons. The predicted molar refractivity (Wildman–Crippen MR) is 83.2 cm³/mol. The van der Waals surface area contributed by atoms with Crippen LogP contribution in [0.2, 0.25) is 0 Å². The van der Waals surface area contributed by atoms with Gasteiger partial charge in [0.15, 0.2) is 0 Å². The lowest BCUT2D eigenvalue weighted by Crippen LogP contribution is -2.16. The van der Waals surface area contributed by atoms with Crippen molar-refractivity contribution in [1.29, 1.82) is 0 Å². The number of rotatable bonds is 3. The van der Waals surface area contributed by atoms with Gasteiger partial charge in [0.2, 0.25) is 0 Å². The van der Waals surface area contributed by atoms with Gasteiger partial charge in [0.05, 0.1) is 0 Å². The smallest absolute Gasteiger partial charge is 0.0381 e. The Balaban J connectivity index is 1.87. The van der Waals surface area contributed by atoms with E-state index in [-0.39, 0.29) is 0 Å². The lowest BCUT2D eigenvalue weighted by molar-refractivity contribution is 0.392. The zero-order valence-corrected chi connectivity index (χ0v) is 12.9. The molecule has 1 aliphatic rings. The van der Waals surface area contributed by atoms with Gasteiger partial charge in [-0.3, -0.25) is 0 Å². The summed E-state index contributed by atoms with van der Waals surface area (Å²) < 4.78 is 1.20. The SMILES string of the molecule is Cc1c(Br)cccc1NCC1CCCCCCC1. The Morgan fingerprint density at radius 2 is 1.78 bits per heavy atom. The molecule has 0 spiro atoms. The summed E-state index contributed by atoms with van der Waals surface area (Å²) in [5.41, 5.74) is 2.61. The van der Waals surface area contributed by atoms with Crippen molar-refractivity contribution in [3.05, 3.63) is 28.2 Å². The summed E-state index contributed by atoms with van der Waals surface area (Å²) in [4.78, 5) is 0. The summed E-state index contributed by atoms with van der Waals surface area (Å²) in [5, 5.41) is 3.64. The van der Waals surface area contributed by atoms with E-state index >= 15 is 0 Å². The molecule has 0 unspecified atom stereocenters. The monoisotopic (exact) mass is 309 g/mol. The number of halogens is 1. The molecule has 0 bridgehead atoms. The highest BCUT2D eigenvalue weighted by molar-refractivity contribution is 9.10. The van der Waals surface area contributed by atoms with Crippen LogP contribution in [0.3, 0.4) is 0 Å². The van der Waals surface area contributed by atoms with Crippen molar-refractivity contribution in [1.82, 2.24) is 0 Å². The molecule has 1 saturated carbocycles. The largest absolute Gasteiger partial charge is 0.385 e. The third-order valence-electron chi connectivity index (χ3n) is 4.07. The Morgan fingerprint density at radius 3 is 2.50 bits per heavy atom. The number of nitrogens with one attached hydrogen (secondary N) is 1. The molecule has 2 rings (SSSR count). The molecule has 0 amide bonds. The first-order valence-electron chi connectivity index (χ1n) is 7.26. The van der Waals surface area contributed by atoms with Gasteiger partial charge in [-0.25, -0.2) is 0 Å². The van der Waals surface area contributed by atoms with E-state index in [2.05, 4.69) is 46.4 Å². The average molecular weight is 310 g/mol. The third-order valence-corrected chi connectivity index (χ3v) is 4.93. The summed E-state index contributed by atoms with van der Waals surface area (Å²) in [6.45, 7) is 3.31. The van der Waals surface area contributed by atoms with Crippen LogP contribution in [-0.2, 0) is 0 Å². The summed E-state index contributed by atoms with van der Waals surface area (Å²) in [7, 11) is 0. The molecule has 100 valence electrons. The quantitative estimate of drug-likeness (QED) is 0.774. The van der Waals surface area contributed by atoms with Crippen LogP contribution in [0.4, 0.5) is 5.69 Å². The molecule has 1 nitrogen and oxygen atoms in total. The van der Waals surface area contributed by atoms with Gasteiger partial charge in [-0.2, -0.15) is 0 Å². The van der Waals surface area contributed by atoms with Crippen LogP contribution in [0.25, 0.3) is 0 Å². The summed E-state index contributed by atoms with van der Waals surface area (Å²) in [6.07, 6.45) is 9.97. The molecule has 18 heavy (non-hydrogen) atoms. The van der Waals surface area contributed by atoms with Gasteiger partial charge >= 0.3 is 0 Å². The maximum Gasteiger partial charge on any atom is 0.0381 e. The molecule has 0 heterocycles. The highest BCUT2D eigenvalue weighted by Gasteiger charge is 2.11. The summed E-state index contributed by atoms with van der Waals surface area (Å²) in [6, 6.07) is 6.40. The Bertz CT molecular complexity index is 367. The minimum Gasteiger partial charge on any atom is -0.385 e. The van der Waals surface area contributed by atoms with Crippen LogP contribution in [0.1, 0.15) is 50.5 Å². The second kappa shape index (κ2) is 7.18. The van der Waals surface area contributed by atoms with Gasteiger partial charge in [-0.15, -0.1) is 0 Å². The zero-order valence-electron chi connectivity index (χ0n) is 11.3. The number of anilines is 1. The molecule has 1 N–H and O–H groups in total. The van der Waals surface area contributed by atoms with E-state index in [1.165, 1.54) is 60.7 Å². The topological polar surface area (TPSA) is 12.0 Å². The van der Waals surface area contributed by atoms with Gasteiger partial charge < -0.3 is 5.32 Å². The molecule has 0 aromatic heterocycles. The van der Waals surface area contributed by atoms with Gasteiger partial charge in [0.25, 0.3) is 0 Å². The molecule has 1 aromatic carbocycles. The number of benzene rings is 1. The molecule has 1 fully saturated rings. The lowest BCUT2D eigenvalue weighted by Gasteiger charge is -2.21. The Hall–Kier alpha value is -0.500. The van der Waals surface area contributed by atoms with E-state index in [1.54, 1.807) is 0 Å². The average Bonchev–Trinajstić information content (AvgIpc) is 2.32. The molecular formula is C16H24BrN. The maximum absolute atomic E-state index is 3.64. The first kappa shape index (κ1) is 13.9. The van der Waals surface area contributed by atoms with Crippen LogP contribution < -0.4 is 5.32 Å². The minimum atomic E-state index is 0.865. The van der Waals surface area contributed by atoms with Crippen molar-refractivity contribution >= 4 is 21.6 Å². The van der Waals surface area contributed by atoms with Crippen LogP contribution in [-0.4, -0.2) is 6.54 Å². The maximum atomic E-state index is 3.64. The minimum absolute atomic E-state index is 0.865. The Kier molecular flexibility index (Phi) is 5.55. The Labute approximate surface area is 119 Å². The van der Waals surface area contributed by atoms with E-state index in [0.717, 1.165) is 12.5 Å². The van der Waals surface area contributed by atoms with Gasteiger partial charge in [-0.05, 0) is 43.4 Å². The number of hydrogen-bond acceptors (Lipinski definition) is 1. The fourth-order valence-electron chi connectivity index (χ4n) is 2.80. The van der Waals surface area contributed by atoms with Crippen LogP contribution >= 0.6 is 15.9 Å². The van der Waals surface area contributed by atoms with E-state index < -0.39 is 0 Å². The lowest BCUT2D eigenvalue weighted by atomic mass is 9.91. The first-order chi connectivity index (χ1) is 8.77. The van der Waals surface area contributed by atoms with Crippen molar-refractivity contribution in [2.45, 2.75) is 51.9 Å². The van der Waals surface area contributed by atoms with Gasteiger partial charge in [0.1, 0.15) is 0 Å². The van der Waals surface area contributed by atoms with Crippen LogP contribution in [0.5, 0.6) is 0 Å². The molecule has 0 aliphatic heterocycles. The fourth-order valence-corrected chi connectivity index (χ4v) is 3.16. The van der Waals surface area contributed by atoms with Crippen LogP contribution in [0, 0.1) is 12.8 Å². The van der Waals surface area contributed by atoms with E-state index in [0.29, 0.717) is 0 Å². The molecule has 2 heteroatoms. The normalized spacial score (nSPS) is 18.1. The number of hydrogen-bond donors (Lipinski definition) is 1. The summed E-state index contributed by atoms with van der Waals surface area (Å²) >= 11 is 3.59. The zero-order chi connectivity index (χ0) is 12.8. The standard InChI is InChI=1S/C16H24BrN/c1-13-15(17)10-7-11-16(13)18-12-14-8-5-3-2-4-6-9-14/h7,10-11,14,18H,2-6,8-9,12H2,1H3. The second-order valence-electron chi connectivity index (χ2n) is 5.50. The highest BCUT2D eigenvalue weighted by atomic mass is 79.9. The van der Waals surface area contributed by atoms with E-state index in [1.807, 2.05) is 0 Å². The summed E-state index contributed by atoms with van der Waals surface area (Å²) in [5.74, 6) is 0.865. The molecule has 0 atom stereocenters. The highest BCUT2D eigenvalue weighted by Crippen LogP contribution is 2.26. The third kappa shape index (κ3) is 4.01. The second-order valence-corrected chi connectivity index (χ2v) is 6.36. The van der Waals surface area contributed by atoms with Crippen molar-refractivity contribution in [3.63, 3.8) is 0 Å². The van der Waals surface area contributed by atoms with E-state index in [4.69, 9.17) is 0 Å². The van der Waals surface area contributed by atoms with Crippen molar-refractivity contribution in [3.8, 4) is 0 Å². The molecule has 1 aliphatic carbocycles. The van der Waals surface area contributed by atoms with E-state index in [9.17, 15) is 0 Å². The molecular weight excluding hydrogens is 286 g/mol. The van der Waals surface area contributed by atoms with Crippen molar-refractivity contribution in [2.75, 3.05) is 11.9 Å². The van der Waals surface area contributed by atoms with Gasteiger partial charge in [-0.1, -0.05) is 54.1 Å². The van der Waals surface area contributed by atoms with Crippen molar-refractivity contribution < 1.29 is 0 Å². The van der Waals surface area contributed by atoms with Crippen molar-refractivity contribution in [2.24, 2.45) is 5.92 Å². The van der Waals surface area contributed by atoms with Gasteiger partial charge in [0, 0.05) is 16.7 Å². The Morgan fingerprint density at radius 1 is 1.11 bits per heavy atom. The predicted octanol–water partition coefficient (Wildman–Crippen LogP) is 5.53. The molecule has 1 aromatic rings. The molecule has 0 saturated heterocycles. The fraction of sp³-hybridized carbons (Fsp3) is 0.625.